The van der Waals surface area contributed by atoms with E-state index in [4.69, 9.17) is 4.74 Å². The van der Waals surface area contributed by atoms with Crippen molar-refractivity contribution >= 4 is 23.4 Å². The standard InChI is InChI=1S/C20H22N4O3/c1-15-5-6-17-16(12-15)24(14-20(26)27-17)13-19(25)23-10-8-22(9-11-23)18-4-2-3-7-21-18/h2-7,12H,8-11,13-14H2,1H3. The van der Waals surface area contributed by atoms with E-state index in [1.807, 2.05) is 47.1 Å². The van der Waals surface area contributed by atoms with Gasteiger partial charge in [0.05, 0.1) is 12.2 Å². The van der Waals surface area contributed by atoms with Gasteiger partial charge in [0.2, 0.25) is 5.91 Å². The van der Waals surface area contributed by atoms with Crippen LogP contribution in [-0.4, -0.2) is 61.0 Å². The number of ether oxygens (including phenoxy) is 1. The van der Waals surface area contributed by atoms with E-state index in [9.17, 15) is 9.59 Å². The first-order chi connectivity index (χ1) is 13.1. The summed E-state index contributed by atoms with van der Waals surface area (Å²) < 4.78 is 5.29. The van der Waals surface area contributed by atoms with Crippen molar-refractivity contribution in [1.29, 1.82) is 0 Å². The van der Waals surface area contributed by atoms with Crippen LogP contribution < -0.4 is 14.5 Å². The molecule has 0 bridgehead atoms. The number of hydrogen-bond donors (Lipinski definition) is 0. The average molecular weight is 366 g/mol. The topological polar surface area (TPSA) is 66.0 Å². The molecule has 0 atom stereocenters. The maximum atomic E-state index is 12.8. The monoisotopic (exact) mass is 366 g/mol. The Hall–Kier alpha value is -3.09. The normalized spacial score (nSPS) is 16.8. The van der Waals surface area contributed by atoms with Gasteiger partial charge in [-0.2, -0.15) is 0 Å². The molecule has 7 heteroatoms. The third-order valence-electron chi connectivity index (χ3n) is 4.93. The zero-order chi connectivity index (χ0) is 18.8. The molecule has 2 aliphatic rings. The van der Waals surface area contributed by atoms with Gasteiger partial charge in [-0.05, 0) is 36.8 Å². The van der Waals surface area contributed by atoms with Gasteiger partial charge in [-0.1, -0.05) is 12.1 Å². The molecule has 3 heterocycles. The number of pyridine rings is 1. The lowest BCUT2D eigenvalue weighted by Crippen LogP contribution is -2.52. The first-order valence-corrected chi connectivity index (χ1v) is 9.10. The Morgan fingerprint density at radius 1 is 1.15 bits per heavy atom. The molecule has 27 heavy (non-hydrogen) atoms. The van der Waals surface area contributed by atoms with E-state index in [0.717, 1.165) is 30.2 Å². The number of rotatable bonds is 3. The molecule has 0 aliphatic carbocycles. The van der Waals surface area contributed by atoms with Crippen LogP contribution in [0.15, 0.2) is 42.6 Å². The molecule has 0 spiro atoms. The molecule has 2 aliphatic heterocycles. The van der Waals surface area contributed by atoms with E-state index in [2.05, 4.69) is 9.88 Å². The van der Waals surface area contributed by atoms with Gasteiger partial charge in [0.15, 0.2) is 5.75 Å². The van der Waals surface area contributed by atoms with Gasteiger partial charge in [0.25, 0.3) is 0 Å². The number of carbonyl (C=O) groups excluding carboxylic acids is 2. The van der Waals surface area contributed by atoms with Gasteiger partial charge in [-0.3, -0.25) is 4.79 Å². The number of amides is 1. The molecule has 0 N–H and O–H groups in total. The van der Waals surface area contributed by atoms with Crippen LogP contribution >= 0.6 is 0 Å². The molecule has 0 radical (unpaired) electrons. The average Bonchev–Trinajstić information content (AvgIpc) is 2.69. The Morgan fingerprint density at radius 3 is 2.70 bits per heavy atom. The van der Waals surface area contributed by atoms with Crippen LogP contribution in [0.3, 0.4) is 0 Å². The summed E-state index contributed by atoms with van der Waals surface area (Å²) in [4.78, 5) is 34.9. The summed E-state index contributed by atoms with van der Waals surface area (Å²) >= 11 is 0. The summed E-state index contributed by atoms with van der Waals surface area (Å²) in [6.07, 6.45) is 1.78. The third kappa shape index (κ3) is 3.72. The molecule has 1 fully saturated rings. The largest absolute Gasteiger partial charge is 0.423 e. The number of carbonyl (C=O) groups is 2. The van der Waals surface area contributed by atoms with Gasteiger partial charge in [0.1, 0.15) is 12.4 Å². The van der Waals surface area contributed by atoms with Crippen molar-refractivity contribution in [3.05, 3.63) is 48.2 Å². The zero-order valence-electron chi connectivity index (χ0n) is 15.3. The Bertz CT molecular complexity index is 848. The molecule has 0 saturated carbocycles. The lowest BCUT2D eigenvalue weighted by molar-refractivity contribution is -0.133. The molecule has 1 aromatic carbocycles. The lowest BCUT2D eigenvalue weighted by atomic mass is 10.1. The van der Waals surface area contributed by atoms with E-state index in [0.29, 0.717) is 18.8 Å². The van der Waals surface area contributed by atoms with Crippen LogP contribution in [0.2, 0.25) is 0 Å². The Morgan fingerprint density at radius 2 is 1.96 bits per heavy atom. The van der Waals surface area contributed by atoms with Crippen LogP contribution in [0, 0.1) is 6.92 Å². The zero-order valence-corrected chi connectivity index (χ0v) is 15.3. The van der Waals surface area contributed by atoms with Crippen molar-refractivity contribution in [2.45, 2.75) is 6.92 Å². The van der Waals surface area contributed by atoms with E-state index in [1.165, 1.54) is 0 Å². The first kappa shape index (κ1) is 17.3. The van der Waals surface area contributed by atoms with Crippen LogP contribution in [0.5, 0.6) is 5.75 Å². The minimum Gasteiger partial charge on any atom is -0.423 e. The van der Waals surface area contributed by atoms with E-state index < -0.39 is 0 Å². The molecule has 1 saturated heterocycles. The quantitative estimate of drug-likeness (QED) is 0.605. The van der Waals surface area contributed by atoms with Gasteiger partial charge in [-0.25, -0.2) is 9.78 Å². The summed E-state index contributed by atoms with van der Waals surface area (Å²) in [5.41, 5.74) is 1.86. The Balaban J connectivity index is 1.40. The van der Waals surface area contributed by atoms with Gasteiger partial charge in [0, 0.05) is 32.4 Å². The summed E-state index contributed by atoms with van der Waals surface area (Å²) in [6, 6.07) is 11.5. The number of hydrogen-bond acceptors (Lipinski definition) is 6. The number of fused-ring (bicyclic) bond motifs is 1. The van der Waals surface area contributed by atoms with Crippen LogP contribution in [0.4, 0.5) is 11.5 Å². The molecule has 1 aromatic heterocycles. The second-order valence-electron chi connectivity index (χ2n) is 6.86. The van der Waals surface area contributed by atoms with Crippen LogP contribution in [0.25, 0.3) is 0 Å². The molecule has 2 aromatic rings. The minimum atomic E-state index is -0.334. The van der Waals surface area contributed by atoms with Crippen molar-refractivity contribution < 1.29 is 14.3 Å². The highest BCUT2D eigenvalue weighted by Crippen LogP contribution is 2.32. The van der Waals surface area contributed by atoms with Gasteiger partial charge < -0.3 is 19.4 Å². The maximum absolute atomic E-state index is 12.8. The molecular weight excluding hydrogens is 344 g/mol. The van der Waals surface area contributed by atoms with Crippen molar-refractivity contribution in [1.82, 2.24) is 9.88 Å². The van der Waals surface area contributed by atoms with Gasteiger partial charge >= 0.3 is 5.97 Å². The predicted octanol–water partition coefficient (Wildman–Crippen LogP) is 1.46. The molecule has 0 unspecified atom stereocenters. The summed E-state index contributed by atoms with van der Waals surface area (Å²) in [6.45, 7) is 5.04. The van der Waals surface area contributed by atoms with E-state index in [-0.39, 0.29) is 25.0 Å². The fourth-order valence-electron chi connectivity index (χ4n) is 3.49. The summed E-state index contributed by atoms with van der Waals surface area (Å²) in [5, 5.41) is 0. The molecule has 140 valence electrons. The highest BCUT2D eigenvalue weighted by atomic mass is 16.5. The number of aryl methyl sites for hydroxylation is 1. The third-order valence-corrected chi connectivity index (χ3v) is 4.93. The SMILES string of the molecule is Cc1ccc2c(c1)N(CC(=O)N1CCN(c3ccccn3)CC1)CC(=O)O2. The second-order valence-corrected chi connectivity index (χ2v) is 6.86. The van der Waals surface area contributed by atoms with E-state index in [1.54, 1.807) is 12.3 Å². The number of aromatic nitrogens is 1. The van der Waals surface area contributed by atoms with Crippen molar-refractivity contribution in [2.24, 2.45) is 0 Å². The van der Waals surface area contributed by atoms with E-state index >= 15 is 0 Å². The Kier molecular flexibility index (Phi) is 4.66. The highest BCUT2D eigenvalue weighted by molar-refractivity contribution is 5.89. The fourth-order valence-corrected chi connectivity index (χ4v) is 3.49. The summed E-state index contributed by atoms with van der Waals surface area (Å²) in [5.74, 6) is 1.15. The number of esters is 1. The highest BCUT2D eigenvalue weighted by Gasteiger charge is 2.28. The molecule has 7 nitrogen and oxygen atoms in total. The number of piperazine rings is 1. The van der Waals surface area contributed by atoms with Crippen molar-refractivity contribution in [2.75, 3.05) is 49.1 Å². The second kappa shape index (κ2) is 7.26. The summed E-state index contributed by atoms with van der Waals surface area (Å²) in [7, 11) is 0. The maximum Gasteiger partial charge on any atom is 0.331 e. The minimum absolute atomic E-state index is 0.0258. The first-order valence-electron chi connectivity index (χ1n) is 9.10. The van der Waals surface area contributed by atoms with Crippen LogP contribution in [0.1, 0.15) is 5.56 Å². The van der Waals surface area contributed by atoms with Crippen molar-refractivity contribution in [3.8, 4) is 5.75 Å². The lowest BCUT2D eigenvalue weighted by Gasteiger charge is -2.37. The Labute approximate surface area is 158 Å². The number of benzene rings is 1. The van der Waals surface area contributed by atoms with Crippen LogP contribution in [-0.2, 0) is 9.59 Å². The molecule has 4 rings (SSSR count). The predicted molar refractivity (Wildman–Crippen MR) is 102 cm³/mol. The molecular formula is C20H22N4O3. The van der Waals surface area contributed by atoms with Crippen molar-refractivity contribution in [3.63, 3.8) is 0 Å². The molecule has 1 amide bonds. The number of anilines is 2. The van der Waals surface area contributed by atoms with Gasteiger partial charge in [-0.15, -0.1) is 0 Å². The smallest absolute Gasteiger partial charge is 0.331 e. The number of nitrogens with zero attached hydrogens (tertiary/aromatic N) is 4. The fraction of sp³-hybridized carbons (Fsp3) is 0.350.